The lowest BCUT2D eigenvalue weighted by Crippen LogP contribution is -1.88. The first-order valence-corrected chi connectivity index (χ1v) is 3.43. The number of aromatic nitrogens is 1. The van der Waals surface area contributed by atoms with E-state index in [0.29, 0.717) is 15.9 Å². The molecule has 2 N–H and O–H groups in total. The number of nitrogens with zero attached hydrogens (tertiary/aromatic N) is 1. The van der Waals surface area contributed by atoms with Crippen LogP contribution in [0.3, 0.4) is 0 Å². The average molecular weight is 208 g/mol. The van der Waals surface area contributed by atoms with E-state index in [-0.39, 0.29) is 13.2 Å². The Balaban J connectivity index is 3.01. The largest absolute Gasteiger partial charge is 0.391 e. The molecule has 4 nitrogen and oxygen atoms in total. The average Bonchev–Trinajstić information content (AvgIpc) is 2.30. The van der Waals surface area contributed by atoms with Crippen molar-refractivity contribution >= 4 is 15.9 Å². The zero-order valence-electron chi connectivity index (χ0n) is 5.04. The van der Waals surface area contributed by atoms with E-state index in [1.54, 1.807) is 0 Å². The van der Waals surface area contributed by atoms with E-state index in [0.717, 1.165) is 0 Å². The molecule has 1 heterocycles. The molecule has 0 fully saturated rings. The summed E-state index contributed by atoms with van der Waals surface area (Å²) in [5.74, 6) is 0.300. The number of rotatable bonds is 2. The van der Waals surface area contributed by atoms with Crippen LogP contribution < -0.4 is 0 Å². The molecule has 0 saturated carbocycles. The van der Waals surface area contributed by atoms with Crippen molar-refractivity contribution in [2.75, 3.05) is 0 Å². The third-order valence-corrected chi connectivity index (χ3v) is 1.75. The van der Waals surface area contributed by atoms with Crippen LogP contribution in [0.5, 0.6) is 0 Å². The van der Waals surface area contributed by atoms with E-state index in [1.807, 2.05) is 0 Å². The highest BCUT2D eigenvalue weighted by atomic mass is 79.9. The summed E-state index contributed by atoms with van der Waals surface area (Å²) in [4.78, 5) is 0. The topological polar surface area (TPSA) is 66.5 Å². The summed E-state index contributed by atoms with van der Waals surface area (Å²) in [6, 6.07) is 0. The predicted octanol–water partition coefficient (Wildman–Crippen LogP) is 0.422. The molecule has 0 unspecified atom stereocenters. The summed E-state index contributed by atoms with van der Waals surface area (Å²) >= 11 is 3.04. The van der Waals surface area contributed by atoms with Crippen LogP contribution in [0, 0.1) is 0 Å². The highest BCUT2D eigenvalue weighted by Gasteiger charge is 2.10. The fourth-order valence-electron chi connectivity index (χ4n) is 0.598. The van der Waals surface area contributed by atoms with E-state index in [1.165, 1.54) is 0 Å². The third-order valence-electron chi connectivity index (χ3n) is 1.12. The smallest absolute Gasteiger partial charge is 0.168 e. The first-order chi connectivity index (χ1) is 4.79. The zero-order valence-corrected chi connectivity index (χ0v) is 6.63. The van der Waals surface area contributed by atoms with E-state index in [9.17, 15) is 0 Å². The van der Waals surface area contributed by atoms with Crippen molar-refractivity contribution in [3.8, 4) is 0 Å². The molecule has 0 amide bonds. The summed E-state index contributed by atoms with van der Waals surface area (Å²) in [5, 5.41) is 20.8. The Labute approximate surface area is 65.6 Å². The van der Waals surface area contributed by atoms with Crippen LogP contribution in [0.4, 0.5) is 0 Å². The van der Waals surface area contributed by atoms with Crippen LogP contribution in [0.15, 0.2) is 9.13 Å². The molecule has 5 heteroatoms. The molecule has 0 aliphatic carbocycles. The lowest BCUT2D eigenvalue weighted by molar-refractivity contribution is 0.218. The van der Waals surface area contributed by atoms with Gasteiger partial charge in [0, 0.05) is 0 Å². The molecule has 0 aliphatic heterocycles. The van der Waals surface area contributed by atoms with Gasteiger partial charge in [0.05, 0.1) is 12.2 Å². The lowest BCUT2D eigenvalue weighted by atomic mass is 10.3. The fourth-order valence-corrected chi connectivity index (χ4v) is 1.02. The standard InChI is InChI=1S/C5H6BrNO3/c6-5-3(1-8)4(2-9)10-7-5/h8-9H,1-2H2. The molecule has 0 saturated heterocycles. The second kappa shape index (κ2) is 3.14. The Hall–Kier alpha value is -0.390. The minimum absolute atomic E-state index is 0.181. The SMILES string of the molecule is OCc1onc(Br)c1CO. The molecule has 1 aromatic heterocycles. The predicted molar refractivity (Wildman–Crippen MR) is 36.0 cm³/mol. The van der Waals surface area contributed by atoms with E-state index < -0.39 is 0 Å². The molecule has 10 heavy (non-hydrogen) atoms. The van der Waals surface area contributed by atoms with Crippen molar-refractivity contribution in [2.45, 2.75) is 13.2 Å². The summed E-state index contributed by atoms with van der Waals surface area (Å²) < 4.78 is 5.07. The molecule has 56 valence electrons. The highest BCUT2D eigenvalue weighted by Crippen LogP contribution is 2.19. The molecule has 1 rings (SSSR count). The molecule has 0 bridgehead atoms. The van der Waals surface area contributed by atoms with Crippen molar-refractivity contribution < 1.29 is 14.7 Å². The quantitative estimate of drug-likeness (QED) is 0.739. The van der Waals surface area contributed by atoms with Crippen LogP contribution in [0.2, 0.25) is 0 Å². The van der Waals surface area contributed by atoms with Crippen molar-refractivity contribution in [1.82, 2.24) is 5.16 Å². The van der Waals surface area contributed by atoms with Gasteiger partial charge in [0.2, 0.25) is 0 Å². The molecular formula is C5H6BrNO3. The summed E-state index contributed by atoms with van der Waals surface area (Å²) in [7, 11) is 0. The Kier molecular flexibility index (Phi) is 2.42. The van der Waals surface area contributed by atoms with Gasteiger partial charge in [-0.3, -0.25) is 0 Å². The summed E-state index contributed by atoms with van der Waals surface area (Å²) in [6.07, 6.45) is 0. The van der Waals surface area contributed by atoms with Crippen LogP contribution in [-0.2, 0) is 13.2 Å². The van der Waals surface area contributed by atoms with Gasteiger partial charge < -0.3 is 14.7 Å². The van der Waals surface area contributed by atoms with Gasteiger partial charge in [0.1, 0.15) is 6.61 Å². The maximum atomic E-state index is 8.68. The number of aliphatic hydroxyl groups excluding tert-OH is 2. The van der Waals surface area contributed by atoms with Crippen LogP contribution >= 0.6 is 15.9 Å². The normalized spacial score (nSPS) is 10.3. The summed E-state index contributed by atoms with van der Waals surface area (Å²) in [5.41, 5.74) is 0.502. The Morgan fingerprint density at radius 3 is 2.50 bits per heavy atom. The second-order valence-corrected chi connectivity index (χ2v) is 2.44. The van der Waals surface area contributed by atoms with E-state index in [2.05, 4.69) is 25.6 Å². The van der Waals surface area contributed by atoms with E-state index in [4.69, 9.17) is 10.2 Å². The lowest BCUT2D eigenvalue weighted by Gasteiger charge is -1.90. The molecule has 0 aliphatic rings. The molecule has 0 aromatic carbocycles. The minimum atomic E-state index is -0.242. The number of hydrogen-bond acceptors (Lipinski definition) is 4. The van der Waals surface area contributed by atoms with Crippen molar-refractivity contribution in [2.24, 2.45) is 0 Å². The van der Waals surface area contributed by atoms with Gasteiger partial charge in [-0.2, -0.15) is 0 Å². The minimum Gasteiger partial charge on any atom is -0.391 e. The Morgan fingerprint density at radius 1 is 1.40 bits per heavy atom. The first kappa shape index (κ1) is 7.71. The van der Waals surface area contributed by atoms with Crippen LogP contribution in [-0.4, -0.2) is 15.4 Å². The maximum absolute atomic E-state index is 8.68. The highest BCUT2D eigenvalue weighted by molar-refractivity contribution is 9.10. The molecule has 0 radical (unpaired) electrons. The van der Waals surface area contributed by atoms with Gasteiger partial charge in [-0.25, -0.2) is 0 Å². The molecule has 0 atom stereocenters. The third kappa shape index (κ3) is 1.21. The molecular weight excluding hydrogens is 202 g/mol. The van der Waals surface area contributed by atoms with Gasteiger partial charge in [0.15, 0.2) is 10.4 Å². The molecule has 0 spiro atoms. The monoisotopic (exact) mass is 207 g/mol. The Bertz CT molecular complexity index is 223. The molecule has 1 aromatic rings. The van der Waals surface area contributed by atoms with Gasteiger partial charge in [0.25, 0.3) is 0 Å². The number of hydrogen-bond donors (Lipinski definition) is 2. The maximum Gasteiger partial charge on any atom is 0.168 e. The first-order valence-electron chi connectivity index (χ1n) is 2.64. The van der Waals surface area contributed by atoms with Gasteiger partial charge in [-0.1, -0.05) is 5.16 Å². The second-order valence-electron chi connectivity index (χ2n) is 1.69. The van der Waals surface area contributed by atoms with Crippen molar-refractivity contribution in [3.63, 3.8) is 0 Å². The number of halogens is 1. The Morgan fingerprint density at radius 2 is 2.10 bits per heavy atom. The van der Waals surface area contributed by atoms with Gasteiger partial charge in [-0.15, -0.1) is 0 Å². The van der Waals surface area contributed by atoms with Crippen LogP contribution in [0.1, 0.15) is 11.3 Å². The van der Waals surface area contributed by atoms with E-state index >= 15 is 0 Å². The van der Waals surface area contributed by atoms with Crippen molar-refractivity contribution in [1.29, 1.82) is 0 Å². The zero-order chi connectivity index (χ0) is 7.56. The van der Waals surface area contributed by atoms with Gasteiger partial charge in [-0.05, 0) is 15.9 Å². The van der Waals surface area contributed by atoms with Gasteiger partial charge >= 0.3 is 0 Å². The van der Waals surface area contributed by atoms with Crippen LogP contribution in [0.25, 0.3) is 0 Å². The van der Waals surface area contributed by atoms with Crippen molar-refractivity contribution in [3.05, 3.63) is 15.9 Å². The number of aliphatic hydroxyl groups is 2. The fraction of sp³-hybridized carbons (Fsp3) is 0.400. The summed E-state index contributed by atoms with van der Waals surface area (Å²) in [6.45, 7) is -0.422.